The van der Waals surface area contributed by atoms with Crippen molar-refractivity contribution >= 4 is 5.78 Å². The summed E-state index contributed by atoms with van der Waals surface area (Å²) in [4.78, 5) is 13.6. The van der Waals surface area contributed by atoms with Crippen molar-refractivity contribution in [1.82, 2.24) is 0 Å². The number of Topliss-reactive ketones (excluding diaryl/α,β-unsaturated/α-hetero) is 1. The normalized spacial score (nSPS) is 60.7. The molecule has 5 aliphatic carbocycles. The Hall–Kier alpha value is -0.770. The molecule has 2 heterocycles. The zero-order valence-corrected chi connectivity index (χ0v) is 28.5. The molecule has 268 valence electrons. The molecule has 0 unspecified atom stereocenters. The fraction of sp³-hybridized carbons (Fsp3) is 0.971. The van der Waals surface area contributed by atoms with Gasteiger partial charge in [-0.05, 0) is 81.5 Å². The zero-order chi connectivity index (χ0) is 34.3. The zero-order valence-electron chi connectivity index (χ0n) is 28.5. The van der Waals surface area contributed by atoms with Gasteiger partial charge < -0.3 is 54.7 Å². The van der Waals surface area contributed by atoms with Crippen molar-refractivity contribution < 1.29 is 59.5 Å². The van der Waals surface area contributed by atoms with Gasteiger partial charge >= 0.3 is 0 Å². The van der Waals surface area contributed by atoms with Crippen LogP contribution in [0.15, 0.2) is 0 Å². The summed E-state index contributed by atoms with van der Waals surface area (Å²) in [7, 11) is 1.78. The van der Waals surface area contributed by atoms with Crippen LogP contribution in [0.2, 0.25) is 0 Å². The number of hydrogen-bond acceptors (Lipinski definition) is 12. The average Bonchev–Trinajstić information content (AvgIpc) is 3.59. The Bertz CT molecular complexity index is 1260. The van der Waals surface area contributed by atoms with E-state index in [1.807, 2.05) is 6.92 Å². The van der Waals surface area contributed by atoms with Crippen LogP contribution in [-0.4, -0.2) is 121 Å². The lowest BCUT2D eigenvalue weighted by Crippen LogP contribution is -2.69. The first kappa shape index (κ1) is 34.7. The summed E-state index contributed by atoms with van der Waals surface area (Å²) in [6.45, 7) is 8.45. The highest BCUT2D eigenvalue weighted by atomic mass is 16.8. The lowest BCUT2D eigenvalue weighted by Gasteiger charge is -2.62. The van der Waals surface area contributed by atoms with E-state index in [4.69, 9.17) is 18.9 Å². The molecule has 7 rings (SSSR count). The summed E-state index contributed by atoms with van der Waals surface area (Å²) >= 11 is 0. The summed E-state index contributed by atoms with van der Waals surface area (Å²) in [5.74, 6) is 0.944. The van der Waals surface area contributed by atoms with Crippen LogP contribution in [0.25, 0.3) is 0 Å². The van der Waals surface area contributed by atoms with Crippen LogP contribution in [-0.2, 0) is 23.7 Å². The van der Waals surface area contributed by atoms with E-state index < -0.39 is 83.3 Å². The SMILES string of the molecule is CO[C@@H]1C[C@H]2[C@@H]3CC[C@](O)([C@H](C)[C@H]4C[C@@](C)(O)[C@](C)(O)[C@H](O[C@@H]5O[C@H](CO)[C@@H](O)[C@H](O)[C@H]5O)O4)[C@@]3(C)CC[C@@H]2[C@@]2(C)C(=O)C[C@@H]3C[C@]312. The average molecular weight is 669 g/mol. The number of ketones is 1. The number of carbonyl (C=O) groups is 1. The van der Waals surface area contributed by atoms with E-state index in [-0.39, 0.29) is 35.7 Å². The fourth-order valence-corrected chi connectivity index (χ4v) is 12.4. The molecule has 2 saturated heterocycles. The number of aliphatic hydroxyl groups is 7. The molecule has 7 N–H and O–H groups in total. The van der Waals surface area contributed by atoms with Gasteiger partial charge in [-0.2, -0.15) is 0 Å². The van der Waals surface area contributed by atoms with Gasteiger partial charge in [0, 0.05) is 36.7 Å². The highest BCUT2D eigenvalue weighted by Gasteiger charge is 2.81. The molecule has 7 fully saturated rings. The van der Waals surface area contributed by atoms with Crippen LogP contribution in [0.1, 0.15) is 86.0 Å². The van der Waals surface area contributed by atoms with Crippen LogP contribution >= 0.6 is 0 Å². The second-order valence-corrected chi connectivity index (χ2v) is 17.3. The number of ether oxygens (including phenoxy) is 4. The lowest BCUT2D eigenvalue weighted by molar-refractivity contribution is -0.400. The maximum Gasteiger partial charge on any atom is 0.192 e. The van der Waals surface area contributed by atoms with Gasteiger partial charge in [0.05, 0.1) is 30.0 Å². The van der Waals surface area contributed by atoms with Crippen molar-refractivity contribution in [3.63, 3.8) is 0 Å². The van der Waals surface area contributed by atoms with Crippen molar-refractivity contribution in [2.45, 2.75) is 152 Å². The second-order valence-electron chi connectivity index (χ2n) is 17.3. The molecule has 12 nitrogen and oxygen atoms in total. The van der Waals surface area contributed by atoms with Crippen molar-refractivity contribution in [1.29, 1.82) is 0 Å². The van der Waals surface area contributed by atoms with E-state index in [1.165, 1.54) is 13.8 Å². The van der Waals surface area contributed by atoms with Gasteiger partial charge in [0.15, 0.2) is 12.6 Å². The molecule has 7 aliphatic rings. The Morgan fingerprint density at radius 2 is 1.62 bits per heavy atom. The quantitative estimate of drug-likeness (QED) is 0.209. The molecule has 0 bridgehead atoms. The predicted molar refractivity (Wildman–Crippen MR) is 164 cm³/mol. The van der Waals surface area contributed by atoms with Gasteiger partial charge in [0.25, 0.3) is 0 Å². The Labute approximate surface area is 276 Å². The number of aliphatic hydroxyl groups excluding tert-OH is 4. The molecule has 0 amide bonds. The smallest absolute Gasteiger partial charge is 0.192 e. The second kappa shape index (κ2) is 10.9. The first-order valence-electron chi connectivity index (χ1n) is 17.7. The molecular weight excluding hydrogens is 612 g/mol. The fourth-order valence-electron chi connectivity index (χ4n) is 12.4. The van der Waals surface area contributed by atoms with Gasteiger partial charge in [0.1, 0.15) is 35.8 Å². The van der Waals surface area contributed by atoms with Crippen LogP contribution in [0.5, 0.6) is 0 Å². The Morgan fingerprint density at radius 1 is 0.936 bits per heavy atom. The van der Waals surface area contributed by atoms with E-state index >= 15 is 0 Å². The van der Waals surface area contributed by atoms with Gasteiger partial charge in [-0.15, -0.1) is 0 Å². The van der Waals surface area contributed by atoms with E-state index in [1.54, 1.807) is 7.11 Å². The van der Waals surface area contributed by atoms with Crippen LogP contribution in [0.4, 0.5) is 0 Å². The molecule has 47 heavy (non-hydrogen) atoms. The molecule has 0 aromatic heterocycles. The minimum atomic E-state index is -2.00. The highest BCUT2D eigenvalue weighted by Crippen LogP contribution is 2.81. The molecule has 5 saturated carbocycles. The molecular formula is C35H56O12. The Morgan fingerprint density at radius 3 is 2.28 bits per heavy atom. The number of carbonyl (C=O) groups excluding carboxylic acids is 1. The van der Waals surface area contributed by atoms with Crippen molar-refractivity contribution in [2.75, 3.05) is 13.7 Å². The summed E-state index contributed by atoms with van der Waals surface area (Å²) in [6, 6.07) is 0. The first-order chi connectivity index (χ1) is 21.9. The summed E-state index contributed by atoms with van der Waals surface area (Å²) in [5, 5.41) is 76.7. The Kier molecular flexibility index (Phi) is 8.02. The molecule has 0 radical (unpaired) electrons. The standard InChI is InChI=1S/C35H56O12/c1-16(21-14-31(3,41)33(5,42)29(46-21)47-28-27(40)26(39)25(38)22(15-36)45-28)35(43)10-8-19-18-12-24(44-6)34-13-17(34)11-23(37)32(34,4)20(18)7-9-30(19,35)2/h16-22,24-29,36,38-43H,7-15H2,1-6H3/t16-,17-,18+,19+,20+,21-,22-,24-,25-,26+,27-,28+,29+,30+,31-,32+,33-,34+,35+/m1/s1. The van der Waals surface area contributed by atoms with E-state index in [2.05, 4.69) is 13.8 Å². The van der Waals surface area contributed by atoms with E-state index in [9.17, 15) is 40.5 Å². The molecule has 0 aromatic rings. The number of methoxy groups -OCH3 is 1. The third-order valence-corrected chi connectivity index (χ3v) is 15.7. The largest absolute Gasteiger partial charge is 0.394 e. The molecule has 19 atom stereocenters. The van der Waals surface area contributed by atoms with Gasteiger partial charge in [-0.1, -0.05) is 20.8 Å². The van der Waals surface area contributed by atoms with Crippen molar-refractivity contribution in [2.24, 2.45) is 45.8 Å². The third-order valence-electron chi connectivity index (χ3n) is 15.7. The van der Waals surface area contributed by atoms with Crippen LogP contribution in [0.3, 0.4) is 0 Å². The summed E-state index contributed by atoms with van der Waals surface area (Å²) in [6.07, 6.45) is -4.62. The van der Waals surface area contributed by atoms with Crippen molar-refractivity contribution in [3.05, 3.63) is 0 Å². The van der Waals surface area contributed by atoms with E-state index in [0.717, 1.165) is 32.1 Å². The predicted octanol–water partition coefficient (Wildman–Crippen LogP) is 0.634. The number of fused-ring (bicyclic) bond motifs is 4. The molecule has 1 spiro atoms. The number of hydrogen-bond donors (Lipinski definition) is 7. The maximum atomic E-state index is 13.6. The minimum absolute atomic E-state index is 0.00690. The molecule has 0 aromatic carbocycles. The summed E-state index contributed by atoms with van der Waals surface area (Å²) in [5.41, 5.74) is -5.90. The summed E-state index contributed by atoms with van der Waals surface area (Å²) < 4.78 is 24.0. The molecule has 2 aliphatic heterocycles. The van der Waals surface area contributed by atoms with E-state index in [0.29, 0.717) is 24.5 Å². The Balaban J connectivity index is 1.14. The first-order valence-corrected chi connectivity index (χ1v) is 17.7. The highest BCUT2D eigenvalue weighted by molar-refractivity contribution is 5.91. The monoisotopic (exact) mass is 668 g/mol. The lowest BCUT2D eigenvalue weighted by atomic mass is 9.44. The molecule has 12 heteroatoms. The van der Waals surface area contributed by atoms with Crippen LogP contribution in [0, 0.1) is 45.8 Å². The third kappa shape index (κ3) is 4.30. The topological polar surface area (TPSA) is 196 Å². The van der Waals surface area contributed by atoms with Crippen LogP contribution < -0.4 is 0 Å². The van der Waals surface area contributed by atoms with Gasteiger partial charge in [0.2, 0.25) is 0 Å². The van der Waals surface area contributed by atoms with Gasteiger partial charge in [-0.3, -0.25) is 4.79 Å². The number of rotatable bonds is 6. The van der Waals surface area contributed by atoms with Gasteiger partial charge in [-0.25, -0.2) is 0 Å². The maximum absolute atomic E-state index is 13.6. The minimum Gasteiger partial charge on any atom is -0.394 e. The van der Waals surface area contributed by atoms with Crippen molar-refractivity contribution in [3.8, 4) is 0 Å².